The van der Waals surface area contributed by atoms with Gasteiger partial charge in [-0.2, -0.15) is 0 Å². The Hall–Kier alpha value is -0.280. The van der Waals surface area contributed by atoms with Crippen molar-refractivity contribution in [1.82, 2.24) is 0 Å². The van der Waals surface area contributed by atoms with Gasteiger partial charge in [0.2, 0.25) is 0 Å². The Labute approximate surface area is 92.4 Å². The van der Waals surface area contributed by atoms with E-state index in [2.05, 4.69) is 0 Å². The molecule has 1 heterocycles. The highest BCUT2D eigenvalue weighted by molar-refractivity contribution is 6.42. The minimum atomic E-state index is -0.756. The Balaban J connectivity index is 2.20. The largest absolute Gasteiger partial charge is 0.385 e. The van der Waals surface area contributed by atoms with Gasteiger partial charge in [-0.3, -0.25) is 0 Å². The van der Waals surface area contributed by atoms with Crippen LogP contribution in [0.3, 0.4) is 0 Å². The van der Waals surface area contributed by atoms with E-state index in [9.17, 15) is 5.11 Å². The fraction of sp³-hybridized carbons (Fsp3) is 0.400. The average Bonchev–Trinajstić information content (AvgIpc) is 2.10. The first-order chi connectivity index (χ1) is 6.61. The summed E-state index contributed by atoms with van der Waals surface area (Å²) in [5, 5.41) is 10.9. The van der Waals surface area contributed by atoms with Crippen molar-refractivity contribution in [3.05, 3.63) is 33.8 Å². The molecule has 1 saturated heterocycles. The van der Waals surface area contributed by atoms with Gasteiger partial charge in [0.25, 0.3) is 0 Å². The lowest BCUT2D eigenvalue weighted by Gasteiger charge is -2.36. The van der Waals surface area contributed by atoms with Crippen LogP contribution in [-0.4, -0.2) is 23.9 Å². The minimum absolute atomic E-state index is 0.371. The van der Waals surface area contributed by atoms with Crippen molar-refractivity contribution in [2.24, 2.45) is 0 Å². The molecule has 76 valence electrons. The fourth-order valence-corrected chi connectivity index (χ4v) is 1.87. The first kappa shape index (κ1) is 10.2. The van der Waals surface area contributed by atoms with E-state index < -0.39 is 5.60 Å². The minimum Gasteiger partial charge on any atom is -0.385 e. The monoisotopic (exact) mass is 232 g/mol. The molecule has 1 aromatic rings. The summed E-state index contributed by atoms with van der Waals surface area (Å²) >= 11 is 11.9. The second-order valence-electron chi connectivity index (χ2n) is 3.61. The van der Waals surface area contributed by atoms with Crippen LogP contribution in [0.15, 0.2) is 18.2 Å². The molecule has 2 rings (SSSR count). The Kier molecular flexibility index (Phi) is 2.71. The number of benzene rings is 1. The maximum absolute atomic E-state index is 9.85. The van der Waals surface area contributed by atoms with Gasteiger partial charge in [-0.15, -0.1) is 0 Å². The highest BCUT2D eigenvalue weighted by atomic mass is 35.5. The van der Waals surface area contributed by atoms with E-state index in [1.54, 1.807) is 6.07 Å². The third kappa shape index (κ3) is 1.89. The van der Waals surface area contributed by atoms with Crippen molar-refractivity contribution in [3.63, 3.8) is 0 Å². The summed E-state index contributed by atoms with van der Waals surface area (Å²) in [6, 6.07) is 5.42. The van der Waals surface area contributed by atoms with Crippen LogP contribution in [0.25, 0.3) is 0 Å². The highest BCUT2D eigenvalue weighted by Crippen LogP contribution is 2.30. The zero-order valence-corrected chi connectivity index (χ0v) is 8.98. The van der Waals surface area contributed by atoms with Crippen LogP contribution in [0.2, 0.25) is 10.0 Å². The molecule has 0 unspecified atom stereocenters. The quantitative estimate of drug-likeness (QED) is 0.849. The Morgan fingerprint density at radius 3 is 2.64 bits per heavy atom. The second-order valence-corrected chi connectivity index (χ2v) is 4.39. The van der Waals surface area contributed by atoms with Crippen molar-refractivity contribution in [2.45, 2.75) is 12.0 Å². The number of hydrogen-bond donors (Lipinski definition) is 1. The maximum Gasteiger partial charge on any atom is 0.115 e. The van der Waals surface area contributed by atoms with E-state index in [4.69, 9.17) is 27.9 Å². The lowest BCUT2D eigenvalue weighted by molar-refractivity contribution is -0.176. The Bertz CT molecular complexity index is 348. The third-order valence-electron chi connectivity index (χ3n) is 2.29. The van der Waals surface area contributed by atoms with Crippen molar-refractivity contribution < 1.29 is 9.84 Å². The van der Waals surface area contributed by atoms with Gasteiger partial charge in [0, 0.05) is 6.42 Å². The van der Waals surface area contributed by atoms with Crippen LogP contribution in [0, 0.1) is 0 Å². The van der Waals surface area contributed by atoms with Crippen LogP contribution in [0.1, 0.15) is 5.56 Å². The number of hydrogen-bond acceptors (Lipinski definition) is 2. The predicted octanol–water partition coefficient (Wildman–Crippen LogP) is 2.30. The van der Waals surface area contributed by atoms with Gasteiger partial charge in [-0.25, -0.2) is 0 Å². The summed E-state index contributed by atoms with van der Waals surface area (Å²) in [5.74, 6) is 0. The van der Waals surface area contributed by atoms with Gasteiger partial charge in [0.15, 0.2) is 0 Å². The van der Waals surface area contributed by atoms with Crippen LogP contribution < -0.4 is 0 Å². The average molecular weight is 233 g/mol. The molecule has 0 atom stereocenters. The summed E-state index contributed by atoms with van der Waals surface area (Å²) in [7, 11) is 0. The van der Waals surface area contributed by atoms with E-state index >= 15 is 0 Å². The molecule has 0 aromatic heterocycles. The molecule has 14 heavy (non-hydrogen) atoms. The fourth-order valence-electron chi connectivity index (χ4n) is 1.48. The number of rotatable bonds is 2. The number of ether oxygens (including phenoxy) is 1. The van der Waals surface area contributed by atoms with Crippen molar-refractivity contribution in [1.29, 1.82) is 0 Å². The topological polar surface area (TPSA) is 29.5 Å². The van der Waals surface area contributed by atoms with Crippen molar-refractivity contribution in [2.75, 3.05) is 13.2 Å². The standard InChI is InChI=1S/C10H10Cl2O2/c11-8-3-1-2-7(9(8)12)4-10(13)5-14-6-10/h1-3,13H,4-6H2. The SMILES string of the molecule is OC1(Cc2cccc(Cl)c2Cl)COC1. The van der Waals surface area contributed by atoms with E-state index in [0.29, 0.717) is 29.7 Å². The Morgan fingerprint density at radius 2 is 2.07 bits per heavy atom. The van der Waals surface area contributed by atoms with E-state index in [1.807, 2.05) is 12.1 Å². The molecule has 0 amide bonds. The molecule has 1 aliphatic heterocycles. The van der Waals surface area contributed by atoms with Gasteiger partial charge in [-0.1, -0.05) is 35.3 Å². The van der Waals surface area contributed by atoms with E-state index in [-0.39, 0.29) is 0 Å². The van der Waals surface area contributed by atoms with Gasteiger partial charge in [0.05, 0.1) is 23.3 Å². The number of halogens is 2. The summed E-state index contributed by atoms with van der Waals surface area (Å²) in [5.41, 5.74) is 0.110. The molecule has 1 N–H and O–H groups in total. The third-order valence-corrected chi connectivity index (χ3v) is 3.15. The van der Waals surface area contributed by atoms with E-state index in [1.165, 1.54) is 0 Å². The lowest BCUT2D eigenvalue weighted by Crippen LogP contribution is -2.51. The van der Waals surface area contributed by atoms with Gasteiger partial charge in [0.1, 0.15) is 5.60 Å². The summed E-state index contributed by atoms with van der Waals surface area (Å²) < 4.78 is 4.95. The van der Waals surface area contributed by atoms with Crippen LogP contribution >= 0.6 is 23.2 Å². The van der Waals surface area contributed by atoms with Crippen molar-refractivity contribution in [3.8, 4) is 0 Å². The predicted molar refractivity (Wildman–Crippen MR) is 55.9 cm³/mol. The normalized spacial score (nSPS) is 19.1. The smallest absolute Gasteiger partial charge is 0.115 e. The molecule has 1 aliphatic rings. The highest BCUT2D eigenvalue weighted by Gasteiger charge is 2.36. The molecule has 1 fully saturated rings. The first-order valence-corrected chi connectivity index (χ1v) is 5.09. The molecule has 2 nitrogen and oxygen atoms in total. The van der Waals surface area contributed by atoms with Crippen LogP contribution in [0.5, 0.6) is 0 Å². The van der Waals surface area contributed by atoms with Crippen molar-refractivity contribution >= 4 is 23.2 Å². The van der Waals surface area contributed by atoms with Crippen LogP contribution in [-0.2, 0) is 11.2 Å². The zero-order valence-electron chi connectivity index (χ0n) is 7.46. The summed E-state index contributed by atoms with van der Waals surface area (Å²) in [6.45, 7) is 0.742. The Morgan fingerprint density at radius 1 is 1.36 bits per heavy atom. The van der Waals surface area contributed by atoms with E-state index in [0.717, 1.165) is 5.56 Å². The molecule has 0 radical (unpaired) electrons. The zero-order chi connectivity index (χ0) is 10.2. The molecule has 0 spiro atoms. The number of aliphatic hydroxyl groups is 1. The van der Waals surface area contributed by atoms with Gasteiger partial charge < -0.3 is 9.84 Å². The molecule has 0 bridgehead atoms. The summed E-state index contributed by atoms with van der Waals surface area (Å²) in [6.07, 6.45) is 0.492. The maximum atomic E-state index is 9.85. The van der Waals surface area contributed by atoms with Gasteiger partial charge in [-0.05, 0) is 11.6 Å². The molecule has 0 aliphatic carbocycles. The molecular weight excluding hydrogens is 223 g/mol. The molecule has 4 heteroatoms. The summed E-state index contributed by atoms with van der Waals surface area (Å²) in [4.78, 5) is 0. The lowest BCUT2D eigenvalue weighted by atomic mass is 9.93. The second kappa shape index (κ2) is 3.70. The first-order valence-electron chi connectivity index (χ1n) is 4.34. The molecule has 1 aromatic carbocycles. The van der Waals surface area contributed by atoms with Gasteiger partial charge >= 0.3 is 0 Å². The molecular formula is C10H10Cl2O2. The van der Waals surface area contributed by atoms with Crippen LogP contribution in [0.4, 0.5) is 0 Å². The molecule has 0 saturated carbocycles.